The zero-order valence-corrected chi connectivity index (χ0v) is 16.5. The molecular weight excluding hydrogens is 378 g/mol. The van der Waals surface area contributed by atoms with Crippen molar-refractivity contribution < 1.29 is 9.59 Å². The van der Waals surface area contributed by atoms with Gasteiger partial charge in [0.25, 0.3) is 11.7 Å². The van der Waals surface area contributed by atoms with Gasteiger partial charge in [-0.3, -0.25) is 20.4 Å². The van der Waals surface area contributed by atoms with Gasteiger partial charge >= 0.3 is 0 Å². The third-order valence-corrected chi connectivity index (χ3v) is 6.17. The van der Waals surface area contributed by atoms with Crippen molar-refractivity contribution in [1.82, 2.24) is 30.4 Å². The van der Waals surface area contributed by atoms with E-state index in [1.165, 1.54) is 32.7 Å². The first-order valence-corrected chi connectivity index (χ1v) is 9.93. The van der Waals surface area contributed by atoms with E-state index in [0.29, 0.717) is 16.3 Å². The van der Waals surface area contributed by atoms with Crippen LogP contribution in [0, 0.1) is 13.8 Å². The molecule has 3 heterocycles. The Balaban J connectivity index is 1.42. The number of nitrogens with one attached hydrogen (secondary N) is 2. The van der Waals surface area contributed by atoms with E-state index in [2.05, 4.69) is 25.9 Å². The number of carbonyl (C=O) groups excluding carboxylic acids is 2. The Kier molecular flexibility index (Phi) is 4.71. The average Bonchev–Trinajstić information content (AvgIpc) is 3.26. The number of thiophene rings is 1. The highest BCUT2D eigenvalue weighted by Crippen LogP contribution is 2.29. The van der Waals surface area contributed by atoms with E-state index in [1.54, 1.807) is 6.92 Å². The van der Waals surface area contributed by atoms with Gasteiger partial charge in [0, 0.05) is 21.8 Å². The minimum absolute atomic E-state index is 0.0571. The fourth-order valence-corrected chi connectivity index (χ4v) is 4.62. The molecule has 28 heavy (non-hydrogen) atoms. The lowest BCUT2D eigenvalue weighted by Crippen LogP contribution is -2.42. The number of aryl methyl sites for hydroxylation is 4. The first kappa shape index (κ1) is 18.4. The maximum absolute atomic E-state index is 12.4. The fourth-order valence-electron chi connectivity index (χ4n) is 3.48. The van der Waals surface area contributed by atoms with Crippen LogP contribution in [0.3, 0.4) is 0 Å². The van der Waals surface area contributed by atoms with Crippen LogP contribution in [-0.2, 0) is 24.1 Å². The summed E-state index contributed by atoms with van der Waals surface area (Å²) in [5, 5.41) is 4.09. The van der Waals surface area contributed by atoms with Crippen LogP contribution in [0.5, 0.6) is 0 Å². The van der Waals surface area contributed by atoms with Crippen LogP contribution in [-0.4, -0.2) is 31.4 Å². The molecule has 4 rings (SSSR count). The number of nitrogens with zero attached hydrogens (tertiary/aromatic N) is 4. The number of nitrogens with two attached hydrogens (primary N) is 1. The lowest BCUT2D eigenvalue weighted by atomic mass is 9.99. The van der Waals surface area contributed by atoms with Crippen molar-refractivity contribution in [3.63, 3.8) is 0 Å². The molecule has 0 fully saturated rings. The molecule has 0 atom stereocenters. The van der Waals surface area contributed by atoms with Crippen molar-refractivity contribution >= 4 is 34.9 Å². The lowest BCUT2D eigenvalue weighted by molar-refractivity contribution is -0.121. The summed E-state index contributed by atoms with van der Waals surface area (Å²) in [6.07, 6.45) is 4.43. The van der Waals surface area contributed by atoms with Gasteiger partial charge in [0.15, 0.2) is 0 Å². The molecule has 0 aliphatic heterocycles. The SMILES string of the molecule is Cc1nc2nc(N)nn2c(C)c1CC(=O)NNC(=O)c1cc2c(s1)CCCC2. The largest absolute Gasteiger partial charge is 0.366 e. The summed E-state index contributed by atoms with van der Waals surface area (Å²) < 4.78 is 1.51. The number of carbonyl (C=O) groups is 2. The molecule has 0 saturated heterocycles. The smallest absolute Gasteiger partial charge is 0.279 e. The Morgan fingerprint density at radius 1 is 1.21 bits per heavy atom. The van der Waals surface area contributed by atoms with Crippen LogP contribution in [0.25, 0.3) is 5.78 Å². The second kappa shape index (κ2) is 7.19. The van der Waals surface area contributed by atoms with E-state index in [-0.39, 0.29) is 24.2 Å². The van der Waals surface area contributed by atoms with Crippen LogP contribution in [0.2, 0.25) is 0 Å². The predicted molar refractivity (Wildman–Crippen MR) is 105 cm³/mol. The molecule has 9 nitrogen and oxygen atoms in total. The van der Waals surface area contributed by atoms with Gasteiger partial charge in [-0.25, -0.2) is 4.98 Å². The highest BCUT2D eigenvalue weighted by molar-refractivity contribution is 7.14. The monoisotopic (exact) mass is 399 g/mol. The summed E-state index contributed by atoms with van der Waals surface area (Å²) in [6, 6.07) is 1.93. The molecule has 0 aromatic carbocycles. The maximum atomic E-state index is 12.4. The van der Waals surface area contributed by atoms with Crippen molar-refractivity contribution in [2.24, 2.45) is 0 Å². The molecule has 1 aliphatic carbocycles. The number of hydrogen-bond donors (Lipinski definition) is 3. The molecule has 0 spiro atoms. The minimum Gasteiger partial charge on any atom is -0.366 e. The van der Waals surface area contributed by atoms with Crippen molar-refractivity contribution in [3.05, 3.63) is 38.3 Å². The first-order valence-electron chi connectivity index (χ1n) is 9.11. The van der Waals surface area contributed by atoms with E-state index in [1.807, 2.05) is 13.0 Å². The molecule has 3 aromatic rings. The van der Waals surface area contributed by atoms with Crippen molar-refractivity contribution in [2.45, 2.75) is 46.0 Å². The number of nitrogen functional groups attached to an aromatic ring is 1. The number of amides is 2. The van der Waals surface area contributed by atoms with Gasteiger partial charge in [-0.05, 0) is 51.2 Å². The summed E-state index contributed by atoms with van der Waals surface area (Å²) in [5.41, 5.74) is 14.0. The molecule has 2 amide bonds. The Bertz CT molecular complexity index is 1060. The molecule has 1 aliphatic rings. The van der Waals surface area contributed by atoms with Crippen LogP contribution >= 0.6 is 11.3 Å². The molecule has 0 bridgehead atoms. The van der Waals surface area contributed by atoms with Crippen molar-refractivity contribution in [1.29, 1.82) is 0 Å². The zero-order valence-electron chi connectivity index (χ0n) is 15.7. The fraction of sp³-hybridized carbons (Fsp3) is 0.389. The standard InChI is InChI=1S/C18H21N7O2S/c1-9-12(10(2)25-18(20-9)21-17(19)24-25)8-15(26)22-23-16(27)14-7-11-5-3-4-6-13(11)28-14/h7H,3-6,8H2,1-2H3,(H2,19,24)(H,22,26)(H,23,27). The number of hydrogen-bond acceptors (Lipinski definition) is 7. The summed E-state index contributed by atoms with van der Waals surface area (Å²) in [6.45, 7) is 3.63. The second-order valence-electron chi connectivity index (χ2n) is 6.89. The van der Waals surface area contributed by atoms with Crippen molar-refractivity contribution in [2.75, 3.05) is 5.73 Å². The summed E-state index contributed by atoms with van der Waals surface area (Å²) in [5.74, 6) is -0.108. The highest BCUT2D eigenvalue weighted by Gasteiger charge is 2.19. The zero-order chi connectivity index (χ0) is 19.8. The molecule has 4 N–H and O–H groups in total. The number of fused-ring (bicyclic) bond motifs is 2. The van der Waals surface area contributed by atoms with Crippen LogP contribution in [0.4, 0.5) is 5.95 Å². The molecule has 146 valence electrons. The number of aromatic nitrogens is 4. The molecule has 0 radical (unpaired) electrons. The van der Waals surface area contributed by atoms with E-state index < -0.39 is 0 Å². The van der Waals surface area contributed by atoms with Crippen LogP contribution < -0.4 is 16.6 Å². The number of hydrazine groups is 1. The van der Waals surface area contributed by atoms with Gasteiger partial charge in [-0.15, -0.1) is 16.4 Å². The molecule has 0 saturated carbocycles. The predicted octanol–water partition coefficient (Wildman–Crippen LogP) is 1.27. The van der Waals surface area contributed by atoms with E-state index in [9.17, 15) is 9.59 Å². The average molecular weight is 399 g/mol. The van der Waals surface area contributed by atoms with Gasteiger partial charge in [0.2, 0.25) is 11.9 Å². The normalized spacial score (nSPS) is 13.4. The summed E-state index contributed by atoms with van der Waals surface area (Å²) >= 11 is 1.50. The van der Waals surface area contributed by atoms with E-state index >= 15 is 0 Å². The van der Waals surface area contributed by atoms with E-state index in [4.69, 9.17) is 5.73 Å². The van der Waals surface area contributed by atoms with Gasteiger partial charge in [-0.1, -0.05) is 0 Å². The lowest BCUT2D eigenvalue weighted by Gasteiger charge is -2.11. The van der Waals surface area contributed by atoms with E-state index in [0.717, 1.165) is 30.5 Å². The Morgan fingerprint density at radius 3 is 2.79 bits per heavy atom. The van der Waals surface area contributed by atoms with Crippen LogP contribution in [0.15, 0.2) is 6.07 Å². The first-order chi connectivity index (χ1) is 13.4. The molecule has 10 heteroatoms. The van der Waals surface area contributed by atoms with Crippen LogP contribution in [0.1, 0.15) is 49.9 Å². The molecule has 0 unspecified atom stereocenters. The number of rotatable bonds is 3. The summed E-state index contributed by atoms with van der Waals surface area (Å²) in [7, 11) is 0. The third kappa shape index (κ3) is 3.42. The maximum Gasteiger partial charge on any atom is 0.279 e. The number of anilines is 1. The van der Waals surface area contributed by atoms with Gasteiger partial charge in [-0.2, -0.15) is 9.50 Å². The Labute approximate surface area is 165 Å². The quantitative estimate of drug-likeness (QED) is 0.569. The van der Waals surface area contributed by atoms with Gasteiger partial charge in [0.05, 0.1) is 11.3 Å². The van der Waals surface area contributed by atoms with Gasteiger partial charge < -0.3 is 5.73 Å². The second-order valence-corrected chi connectivity index (χ2v) is 8.02. The highest BCUT2D eigenvalue weighted by atomic mass is 32.1. The molecular formula is C18H21N7O2S. The summed E-state index contributed by atoms with van der Waals surface area (Å²) in [4.78, 5) is 35.0. The Morgan fingerprint density at radius 2 is 2.00 bits per heavy atom. The molecule has 3 aromatic heterocycles. The Hall–Kier alpha value is -3.01. The topological polar surface area (TPSA) is 127 Å². The van der Waals surface area contributed by atoms with Crippen molar-refractivity contribution in [3.8, 4) is 0 Å². The minimum atomic E-state index is -0.338. The van der Waals surface area contributed by atoms with Gasteiger partial charge in [0.1, 0.15) is 0 Å². The third-order valence-electron chi connectivity index (χ3n) is 4.94.